The number of nitrogens with zero attached hydrogens (tertiary/aromatic N) is 1. The molecule has 2 aromatic carbocycles. The van der Waals surface area contributed by atoms with E-state index in [-0.39, 0.29) is 17.6 Å². The van der Waals surface area contributed by atoms with Crippen LogP contribution in [0, 0.1) is 0 Å². The lowest BCUT2D eigenvalue weighted by molar-refractivity contribution is 0.395. The molecule has 0 unspecified atom stereocenters. The zero-order chi connectivity index (χ0) is 17.1. The van der Waals surface area contributed by atoms with Gasteiger partial charge in [0.15, 0.2) is 0 Å². The SMILES string of the molecule is COc1ccccc1[C@@H](C)N[C@H](C)c1nc2ccccc2c(=O)[nH]1. The van der Waals surface area contributed by atoms with Crippen LogP contribution in [0.2, 0.25) is 0 Å². The molecule has 0 amide bonds. The molecule has 1 aromatic heterocycles. The minimum Gasteiger partial charge on any atom is -0.496 e. The predicted molar refractivity (Wildman–Crippen MR) is 95.3 cm³/mol. The van der Waals surface area contributed by atoms with E-state index >= 15 is 0 Å². The second-order valence-electron chi connectivity index (χ2n) is 5.82. The maximum absolute atomic E-state index is 12.2. The molecule has 2 N–H and O–H groups in total. The number of aromatic amines is 1. The van der Waals surface area contributed by atoms with E-state index < -0.39 is 0 Å². The lowest BCUT2D eigenvalue weighted by Crippen LogP contribution is -2.26. The van der Waals surface area contributed by atoms with Crippen molar-refractivity contribution in [1.29, 1.82) is 0 Å². The van der Waals surface area contributed by atoms with E-state index in [4.69, 9.17) is 4.74 Å². The molecule has 0 aliphatic carbocycles. The van der Waals surface area contributed by atoms with Crippen molar-refractivity contribution in [2.24, 2.45) is 0 Å². The Hall–Kier alpha value is -2.66. The molecule has 1 heterocycles. The van der Waals surface area contributed by atoms with Gasteiger partial charge in [0.1, 0.15) is 11.6 Å². The van der Waals surface area contributed by atoms with Gasteiger partial charge in [-0.1, -0.05) is 30.3 Å². The molecule has 0 aliphatic heterocycles. The van der Waals surface area contributed by atoms with Crippen LogP contribution in [-0.4, -0.2) is 17.1 Å². The van der Waals surface area contributed by atoms with Gasteiger partial charge in [-0.2, -0.15) is 0 Å². The van der Waals surface area contributed by atoms with Crippen molar-refractivity contribution in [3.05, 3.63) is 70.3 Å². The molecule has 0 saturated heterocycles. The van der Waals surface area contributed by atoms with E-state index in [0.29, 0.717) is 16.7 Å². The van der Waals surface area contributed by atoms with Crippen molar-refractivity contribution in [3.63, 3.8) is 0 Å². The minimum atomic E-state index is -0.116. The molecule has 0 saturated carbocycles. The van der Waals surface area contributed by atoms with Crippen LogP contribution in [0.4, 0.5) is 0 Å². The van der Waals surface area contributed by atoms with Crippen LogP contribution < -0.4 is 15.6 Å². The summed E-state index contributed by atoms with van der Waals surface area (Å²) in [4.78, 5) is 19.7. The molecule has 3 rings (SSSR count). The van der Waals surface area contributed by atoms with Crippen molar-refractivity contribution in [3.8, 4) is 5.75 Å². The highest BCUT2D eigenvalue weighted by atomic mass is 16.5. The summed E-state index contributed by atoms with van der Waals surface area (Å²) in [6.45, 7) is 4.05. The third-order valence-electron chi connectivity index (χ3n) is 4.15. The van der Waals surface area contributed by atoms with Crippen LogP contribution in [0.5, 0.6) is 5.75 Å². The van der Waals surface area contributed by atoms with E-state index in [1.54, 1.807) is 13.2 Å². The molecular formula is C19H21N3O2. The quantitative estimate of drug-likeness (QED) is 0.756. The average molecular weight is 323 g/mol. The number of nitrogens with one attached hydrogen (secondary N) is 2. The summed E-state index contributed by atoms with van der Waals surface area (Å²) < 4.78 is 5.42. The topological polar surface area (TPSA) is 67.0 Å². The molecule has 0 aliphatic rings. The van der Waals surface area contributed by atoms with Gasteiger partial charge in [-0.3, -0.25) is 4.79 Å². The molecular weight excluding hydrogens is 302 g/mol. The Bertz CT molecular complexity index is 904. The number of H-pyrrole nitrogens is 1. The summed E-state index contributed by atoms with van der Waals surface area (Å²) in [5.74, 6) is 1.46. The van der Waals surface area contributed by atoms with Crippen LogP contribution in [0.25, 0.3) is 10.9 Å². The van der Waals surface area contributed by atoms with Gasteiger partial charge < -0.3 is 15.0 Å². The summed E-state index contributed by atoms with van der Waals surface area (Å²) >= 11 is 0. The van der Waals surface area contributed by atoms with Gasteiger partial charge in [0, 0.05) is 11.6 Å². The molecule has 0 radical (unpaired) electrons. The number of ether oxygens (including phenoxy) is 1. The Balaban J connectivity index is 1.87. The van der Waals surface area contributed by atoms with E-state index in [1.165, 1.54) is 0 Å². The van der Waals surface area contributed by atoms with Gasteiger partial charge in [-0.05, 0) is 32.0 Å². The Morgan fingerprint density at radius 1 is 1.04 bits per heavy atom. The number of methoxy groups -OCH3 is 1. The highest BCUT2D eigenvalue weighted by Gasteiger charge is 2.16. The average Bonchev–Trinajstić information content (AvgIpc) is 2.61. The van der Waals surface area contributed by atoms with E-state index in [9.17, 15) is 4.79 Å². The lowest BCUT2D eigenvalue weighted by Gasteiger charge is -2.21. The van der Waals surface area contributed by atoms with Crippen LogP contribution in [0.3, 0.4) is 0 Å². The Labute approximate surface area is 140 Å². The fraction of sp³-hybridized carbons (Fsp3) is 0.263. The molecule has 5 nitrogen and oxygen atoms in total. The molecule has 0 spiro atoms. The fourth-order valence-corrected chi connectivity index (χ4v) is 2.88. The fourth-order valence-electron chi connectivity index (χ4n) is 2.88. The summed E-state index contributed by atoms with van der Waals surface area (Å²) in [5, 5.41) is 4.07. The summed E-state index contributed by atoms with van der Waals surface area (Å²) in [5.41, 5.74) is 1.65. The first-order valence-corrected chi connectivity index (χ1v) is 7.98. The van der Waals surface area contributed by atoms with Crippen LogP contribution in [0.15, 0.2) is 53.3 Å². The third-order valence-corrected chi connectivity index (χ3v) is 4.15. The Kier molecular flexibility index (Phi) is 4.62. The van der Waals surface area contributed by atoms with E-state index in [2.05, 4.69) is 22.2 Å². The van der Waals surface area contributed by atoms with Crippen LogP contribution in [0.1, 0.15) is 37.3 Å². The van der Waals surface area contributed by atoms with E-state index in [1.807, 2.05) is 49.4 Å². The summed E-state index contributed by atoms with van der Waals surface area (Å²) in [6, 6.07) is 15.2. The number of hydrogen-bond donors (Lipinski definition) is 2. The molecule has 124 valence electrons. The van der Waals surface area contributed by atoms with Gasteiger partial charge in [-0.25, -0.2) is 4.98 Å². The normalized spacial score (nSPS) is 13.6. The van der Waals surface area contributed by atoms with Gasteiger partial charge in [0.25, 0.3) is 5.56 Å². The van der Waals surface area contributed by atoms with Crippen molar-refractivity contribution in [1.82, 2.24) is 15.3 Å². The first-order chi connectivity index (χ1) is 11.6. The maximum atomic E-state index is 12.2. The molecule has 5 heteroatoms. The number of fused-ring (bicyclic) bond motifs is 1. The van der Waals surface area contributed by atoms with Gasteiger partial charge in [-0.15, -0.1) is 0 Å². The lowest BCUT2D eigenvalue weighted by atomic mass is 10.1. The van der Waals surface area contributed by atoms with Gasteiger partial charge in [0.2, 0.25) is 0 Å². The Morgan fingerprint density at radius 3 is 2.54 bits per heavy atom. The van der Waals surface area contributed by atoms with E-state index in [0.717, 1.165) is 11.3 Å². The molecule has 3 aromatic rings. The molecule has 2 atom stereocenters. The van der Waals surface area contributed by atoms with Crippen molar-refractivity contribution in [2.75, 3.05) is 7.11 Å². The summed E-state index contributed by atoms with van der Waals surface area (Å²) in [7, 11) is 1.66. The third kappa shape index (κ3) is 3.16. The van der Waals surface area contributed by atoms with Crippen LogP contribution >= 0.6 is 0 Å². The zero-order valence-electron chi connectivity index (χ0n) is 14.0. The monoisotopic (exact) mass is 323 g/mol. The number of benzene rings is 2. The Morgan fingerprint density at radius 2 is 1.75 bits per heavy atom. The summed E-state index contributed by atoms with van der Waals surface area (Å²) in [6.07, 6.45) is 0. The molecule has 0 bridgehead atoms. The number of aromatic nitrogens is 2. The minimum absolute atomic E-state index is 0.0490. The number of rotatable bonds is 5. The standard InChI is InChI=1S/C19H21N3O2/c1-12(14-8-5-7-11-17(14)24-3)20-13(2)18-21-16-10-6-4-9-15(16)19(23)22-18/h4-13,20H,1-3H3,(H,21,22,23)/t12-,13-/m1/s1. The second-order valence-corrected chi connectivity index (χ2v) is 5.82. The smallest absolute Gasteiger partial charge is 0.258 e. The van der Waals surface area contributed by atoms with Crippen LogP contribution in [-0.2, 0) is 0 Å². The predicted octanol–water partition coefficient (Wildman–Crippen LogP) is 3.34. The highest BCUT2D eigenvalue weighted by Crippen LogP contribution is 2.26. The highest BCUT2D eigenvalue weighted by molar-refractivity contribution is 5.77. The van der Waals surface area contributed by atoms with Gasteiger partial charge in [0.05, 0.1) is 24.1 Å². The molecule has 0 fully saturated rings. The maximum Gasteiger partial charge on any atom is 0.258 e. The number of hydrogen-bond acceptors (Lipinski definition) is 4. The van der Waals surface area contributed by atoms with Crippen molar-refractivity contribution >= 4 is 10.9 Å². The number of para-hydroxylation sites is 2. The molecule has 24 heavy (non-hydrogen) atoms. The largest absolute Gasteiger partial charge is 0.496 e. The first-order valence-electron chi connectivity index (χ1n) is 7.98. The van der Waals surface area contributed by atoms with Gasteiger partial charge >= 0.3 is 0 Å². The van der Waals surface area contributed by atoms with Crippen molar-refractivity contribution < 1.29 is 4.74 Å². The first kappa shape index (κ1) is 16.2. The second kappa shape index (κ2) is 6.84. The van der Waals surface area contributed by atoms with Crippen molar-refractivity contribution in [2.45, 2.75) is 25.9 Å². The zero-order valence-corrected chi connectivity index (χ0v) is 14.0.